The summed E-state index contributed by atoms with van der Waals surface area (Å²) in [5.41, 5.74) is 4.44. The van der Waals surface area contributed by atoms with E-state index >= 15 is 0 Å². The first kappa shape index (κ1) is 24.6. The highest BCUT2D eigenvalue weighted by Crippen LogP contribution is 2.77. The molecule has 0 bridgehead atoms. The lowest BCUT2D eigenvalue weighted by Crippen LogP contribution is -2.62. The summed E-state index contributed by atoms with van der Waals surface area (Å²) in [7, 11) is 0. The fraction of sp³-hybridized carbons (Fsp3) is 0.871. The molecule has 182 valence electrons. The van der Waals surface area contributed by atoms with Gasteiger partial charge in [0.2, 0.25) is 0 Å². The monoisotopic (exact) mass is 440 g/mol. The van der Waals surface area contributed by atoms with Crippen molar-refractivity contribution in [1.82, 2.24) is 0 Å². The van der Waals surface area contributed by atoms with Crippen molar-refractivity contribution in [2.45, 2.75) is 126 Å². The van der Waals surface area contributed by atoms with Crippen LogP contribution in [0.25, 0.3) is 0 Å². The normalized spacial score (nSPS) is 48.2. The third kappa shape index (κ3) is 3.11. The van der Waals surface area contributed by atoms with Gasteiger partial charge in [-0.25, -0.2) is 0 Å². The Morgan fingerprint density at radius 1 is 0.969 bits per heavy atom. The second-order valence-electron chi connectivity index (χ2n) is 14.2. The molecule has 4 aliphatic rings. The minimum absolute atomic E-state index is 0.0830. The Kier molecular flexibility index (Phi) is 5.93. The first-order valence-corrected chi connectivity index (χ1v) is 13.8. The molecule has 1 N–H and O–H groups in total. The third-order valence-corrected chi connectivity index (χ3v) is 12.5. The molecule has 8 atom stereocenters. The van der Waals surface area contributed by atoms with E-state index in [1.165, 1.54) is 50.5 Å². The maximum Gasteiger partial charge on any atom is 0.0628 e. The fourth-order valence-electron chi connectivity index (χ4n) is 9.98. The molecule has 0 saturated heterocycles. The number of allylic oxidation sites excluding steroid dienone is 3. The predicted octanol–water partition coefficient (Wildman–Crippen LogP) is 8.73. The van der Waals surface area contributed by atoms with Crippen LogP contribution in [0.5, 0.6) is 0 Å². The minimum Gasteiger partial charge on any atom is -0.392 e. The summed E-state index contributed by atoms with van der Waals surface area (Å²) < 4.78 is 0. The Labute approximate surface area is 199 Å². The van der Waals surface area contributed by atoms with E-state index in [0.717, 1.165) is 30.6 Å². The van der Waals surface area contributed by atoms with Gasteiger partial charge < -0.3 is 5.11 Å². The zero-order valence-corrected chi connectivity index (χ0v) is 22.8. The van der Waals surface area contributed by atoms with Crippen molar-refractivity contribution in [2.75, 3.05) is 0 Å². The maximum absolute atomic E-state index is 10.9. The molecule has 0 spiro atoms. The SMILES string of the molecule is CC(C)=CCC[C@@H](C)[C@@H]1CC[C@]2(C)[C@H]3CC=C4C(C)(C)[C@@H](O)CC[C@]4(C)[C@]3(C)CC[C@@]12C. The molecule has 0 radical (unpaired) electrons. The first-order valence-electron chi connectivity index (χ1n) is 13.8. The molecular formula is C31H52O. The molecule has 0 amide bonds. The van der Waals surface area contributed by atoms with Crippen LogP contribution in [0.2, 0.25) is 0 Å². The standard InChI is InChI=1S/C31H52O/c1-21(2)11-10-12-22(3)23-15-17-30(8)25-14-13-24-27(4,5)26(32)16-18-29(24,7)31(25,9)20-19-28(23,30)6/h11,13,22-23,25-26,32H,10,12,14-20H2,1-9H3/t22-,23+,25-,26+,28+,29+,30-,31-/m1/s1. The molecule has 32 heavy (non-hydrogen) atoms. The third-order valence-electron chi connectivity index (χ3n) is 12.5. The Bertz CT molecular complexity index is 799. The second kappa shape index (κ2) is 7.73. The van der Waals surface area contributed by atoms with Crippen LogP contribution in [0.1, 0.15) is 120 Å². The van der Waals surface area contributed by atoms with Crippen molar-refractivity contribution in [3.63, 3.8) is 0 Å². The van der Waals surface area contributed by atoms with E-state index < -0.39 is 0 Å². The summed E-state index contributed by atoms with van der Waals surface area (Å²) in [5.74, 6) is 2.45. The van der Waals surface area contributed by atoms with E-state index in [0.29, 0.717) is 16.2 Å². The Morgan fingerprint density at radius 3 is 2.28 bits per heavy atom. The summed E-state index contributed by atoms with van der Waals surface area (Å²) in [5, 5.41) is 10.9. The zero-order valence-electron chi connectivity index (χ0n) is 22.8. The molecule has 1 heteroatoms. The number of hydrogen-bond donors (Lipinski definition) is 1. The zero-order chi connectivity index (χ0) is 23.7. The lowest BCUT2D eigenvalue weighted by molar-refractivity contribution is -0.173. The Balaban J connectivity index is 1.67. The lowest BCUT2D eigenvalue weighted by atomic mass is 9.35. The molecule has 0 unspecified atom stereocenters. The van der Waals surface area contributed by atoms with Gasteiger partial charge in [-0.05, 0) is 111 Å². The van der Waals surface area contributed by atoms with Crippen LogP contribution in [0.3, 0.4) is 0 Å². The van der Waals surface area contributed by atoms with Crippen molar-refractivity contribution >= 4 is 0 Å². The van der Waals surface area contributed by atoms with Gasteiger partial charge in [0.1, 0.15) is 0 Å². The van der Waals surface area contributed by atoms with E-state index in [1.54, 1.807) is 5.57 Å². The average molecular weight is 441 g/mol. The highest BCUT2D eigenvalue weighted by Gasteiger charge is 2.69. The summed E-state index contributed by atoms with van der Waals surface area (Å²) in [4.78, 5) is 0. The van der Waals surface area contributed by atoms with Crippen molar-refractivity contribution in [1.29, 1.82) is 0 Å². The van der Waals surface area contributed by atoms with Crippen molar-refractivity contribution in [2.24, 2.45) is 44.8 Å². The Hall–Kier alpha value is -0.560. The van der Waals surface area contributed by atoms with Crippen LogP contribution in [-0.2, 0) is 0 Å². The largest absolute Gasteiger partial charge is 0.392 e. The molecule has 4 rings (SSSR count). The number of hydrogen-bond acceptors (Lipinski definition) is 1. The minimum atomic E-state index is -0.191. The Morgan fingerprint density at radius 2 is 1.62 bits per heavy atom. The van der Waals surface area contributed by atoms with Gasteiger partial charge in [0, 0.05) is 5.41 Å². The highest BCUT2D eigenvalue weighted by molar-refractivity contribution is 5.34. The van der Waals surface area contributed by atoms with E-state index in [9.17, 15) is 5.11 Å². The van der Waals surface area contributed by atoms with Gasteiger partial charge in [0.25, 0.3) is 0 Å². The van der Waals surface area contributed by atoms with Gasteiger partial charge in [-0.2, -0.15) is 0 Å². The van der Waals surface area contributed by atoms with Crippen LogP contribution in [0, 0.1) is 44.8 Å². The summed E-state index contributed by atoms with van der Waals surface area (Å²) in [6, 6.07) is 0. The van der Waals surface area contributed by atoms with Crippen LogP contribution in [0.15, 0.2) is 23.3 Å². The van der Waals surface area contributed by atoms with E-state index in [-0.39, 0.29) is 16.9 Å². The molecule has 0 aliphatic heterocycles. The first-order chi connectivity index (χ1) is 14.7. The van der Waals surface area contributed by atoms with Crippen LogP contribution >= 0.6 is 0 Å². The van der Waals surface area contributed by atoms with Gasteiger partial charge in [0.05, 0.1) is 6.10 Å². The molecule has 0 aromatic heterocycles. The topological polar surface area (TPSA) is 20.2 Å². The van der Waals surface area contributed by atoms with E-state index in [1.807, 2.05) is 0 Å². The molecule has 0 aromatic carbocycles. The van der Waals surface area contributed by atoms with Crippen molar-refractivity contribution in [3.8, 4) is 0 Å². The second-order valence-corrected chi connectivity index (χ2v) is 14.2. The van der Waals surface area contributed by atoms with Crippen LogP contribution in [-0.4, -0.2) is 11.2 Å². The molecule has 0 aromatic rings. The lowest BCUT2D eigenvalue weighted by Gasteiger charge is -2.69. The van der Waals surface area contributed by atoms with Crippen molar-refractivity contribution in [3.05, 3.63) is 23.3 Å². The summed E-state index contributed by atoms with van der Waals surface area (Å²) in [6.07, 6.45) is 16.4. The molecule has 0 heterocycles. The van der Waals surface area contributed by atoms with Gasteiger partial charge in [-0.1, -0.05) is 71.8 Å². The maximum atomic E-state index is 10.9. The smallest absolute Gasteiger partial charge is 0.0628 e. The summed E-state index contributed by atoms with van der Waals surface area (Å²) in [6.45, 7) is 22.3. The van der Waals surface area contributed by atoms with E-state index in [2.05, 4.69) is 74.5 Å². The van der Waals surface area contributed by atoms with Gasteiger partial charge >= 0.3 is 0 Å². The van der Waals surface area contributed by atoms with Gasteiger partial charge in [-0.3, -0.25) is 0 Å². The van der Waals surface area contributed by atoms with Crippen LogP contribution < -0.4 is 0 Å². The molecule has 4 aliphatic carbocycles. The molecule has 3 fully saturated rings. The molecular weight excluding hydrogens is 388 g/mol. The van der Waals surface area contributed by atoms with Crippen molar-refractivity contribution < 1.29 is 5.11 Å². The van der Waals surface area contributed by atoms with Gasteiger partial charge in [0.15, 0.2) is 0 Å². The quantitative estimate of drug-likeness (QED) is 0.433. The number of fused-ring (bicyclic) bond motifs is 5. The number of aliphatic hydroxyl groups excluding tert-OH is 1. The van der Waals surface area contributed by atoms with Gasteiger partial charge in [-0.15, -0.1) is 0 Å². The van der Waals surface area contributed by atoms with E-state index in [4.69, 9.17) is 0 Å². The van der Waals surface area contributed by atoms with Crippen LogP contribution in [0.4, 0.5) is 0 Å². The summed E-state index contributed by atoms with van der Waals surface area (Å²) >= 11 is 0. The molecule has 3 saturated carbocycles. The highest BCUT2D eigenvalue weighted by atomic mass is 16.3. The number of rotatable bonds is 4. The number of aliphatic hydroxyl groups is 1. The average Bonchev–Trinajstić information content (AvgIpc) is 2.97. The fourth-order valence-corrected chi connectivity index (χ4v) is 9.98. The molecule has 1 nitrogen and oxygen atoms in total. The predicted molar refractivity (Wildman–Crippen MR) is 137 cm³/mol.